The van der Waals surface area contributed by atoms with Crippen molar-refractivity contribution in [3.63, 3.8) is 0 Å². The summed E-state index contributed by atoms with van der Waals surface area (Å²) in [6.45, 7) is 2.71. The maximum atomic E-state index is 12.0. The van der Waals surface area contributed by atoms with Crippen molar-refractivity contribution in [2.75, 3.05) is 6.54 Å². The number of allylic oxidation sites excluding steroid dienone is 2. The standard InChI is InChI=1S/C13H19NO3/c1-2-3-6-14-12(15)10-8-4-5-9(7-8)11(10)13(16)17/h4-5,8-11H,2-3,6-7H2,1H3,(H,14,15)(H,16,17)/t8-,9-,10+,11+/m0/s1. The van der Waals surface area contributed by atoms with Gasteiger partial charge >= 0.3 is 5.97 Å². The Morgan fingerprint density at radius 2 is 1.94 bits per heavy atom. The summed E-state index contributed by atoms with van der Waals surface area (Å²) in [6.07, 6.45) is 6.76. The van der Waals surface area contributed by atoms with Gasteiger partial charge in [0, 0.05) is 6.54 Å². The van der Waals surface area contributed by atoms with Gasteiger partial charge in [0.1, 0.15) is 0 Å². The first-order chi connectivity index (χ1) is 8.15. The monoisotopic (exact) mass is 237 g/mol. The van der Waals surface area contributed by atoms with E-state index in [1.807, 2.05) is 12.2 Å². The van der Waals surface area contributed by atoms with Crippen molar-refractivity contribution >= 4 is 11.9 Å². The molecule has 4 heteroatoms. The number of rotatable bonds is 5. The van der Waals surface area contributed by atoms with E-state index in [0.717, 1.165) is 19.3 Å². The Kier molecular flexibility index (Phi) is 3.50. The van der Waals surface area contributed by atoms with Crippen molar-refractivity contribution in [3.8, 4) is 0 Å². The Balaban J connectivity index is 2.01. The van der Waals surface area contributed by atoms with Crippen LogP contribution in [0.15, 0.2) is 12.2 Å². The molecule has 0 aromatic heterocycles. The molecule has 1 amide bonds. The summed E-state index contributed by atoms with van der Waals surface area (Å²) >= 11 is 0. The van der Waals surface area contributed by atoms with Crippen molar-refractivity contribution < 1.29 is 14.7 Å². The molecule has 0 radical (unpaired) electrons. The minimum absolute atomic E-state index is 0.0550. The molecular formula is C13H19NO3. The van der Waals surface area contributed by atoms with Gasteiger partial charge in [-0.1, -0.05) is 25.5 Å². The van der Waals surface area contributed by atoms with E-state index in [1.165, 1.54) is 0 Å². The highest BCUT2D eigenvalue weighted by Crippen LogP contribution is 2.48. The largest absolute Gasteiger partial charge is 0.481 e. The molecule has 1 fully saturated rings. The molecule has 0 heterocycles. The SMILES string of the molecule is CCCCNC(=O)[C@H]1[C@H](C(=O)O)[C@H]2C=C[C@H]1C2. The Labute approximate surface area is 101 Å². The number of carboxylic acids is 1. The summed E-state index contributed by atoms with van der Waals surface area (Å²) in [4.78, 5) is 23.2. The Hall–Kier alpha value is -1.32. The normalized spacial score (nSPS) is 33.9. The molecule has 4 nitrogen and oxygen atoms in total. The van der Waals surface area contributed by atoms with Crippen molar-refractivity contribution in [2.45, 2.75) is 26.2 Å². The van der Waals surface area contributed by atoms with Gasteiger partial charge in [0.15, 0.2) is 0 Å². The first-order valence-corrected chi connectivity index (χ1v) is 6.34. The van der Waals surface area contributed by atoms with Crippen LogP contribution >= 0.6 is 0 Å². The summed E-state index contributed by atoms with van der Waals surface area (Å²) < 4.78 is 0. The van der Waals surface area contributed by atoms with Gasteiger partial charge in [-0.05, 0) is 24.7 Å². The van der Waals surface area contributed by atoms with Gasteiger partial charge in [-0.25, -0.2) is 0 Å². The minimum atomic E-state index is -0.836. The second-order valence-corrected chi connectivity index (χ2v) is 4.98. The molecule has 0 aromatic carbocycles. The predicted octanol–water partition coefficient (Wildman–Crippen LogP) is 1.43. The topological polar surface area (TPSA) is 66.4 Å². The molecule has 94 valence electrons. The van der Waals surface area contributed by atoms with Crippen LogP contribution in [-0.2, 0) is 9.59 Å². The third kappa shape index (κ3) is 2.21. The van der Waals surface area contributed by atoms with Gasteiger partial charge in [-0.2, -0.15) is 0 Å². The molecule has 0 unspecified atom stereocenters. The van der Waals surface area contributed by atoms with Crippen molar-refractivity contribution in [1.29, 1.82) is 0 Å². The number of nitrogens with one attached hydrogen (secondary N) is 1. The lowest BCUT2D eigenvalue weighted by molar-refractivity contribution is -0.147. The summed E-state index contributed by atoms with van der Waals surface area (Å²) in [5.74, 6) is -1.62. The highest BCUT2D eigenvalue weighted by Gasteiger charge is 2.51. The van der Waals surface area contributed by atoms with Crippen LogP contribution in [0, 0.1) is 23.7 Å². The lowest BCUT2D eigenvalue weighted by Gasteiger charge is -2.23. The van der Waals surface area contributed by atoms with Crippen LogP contribution in [0.4, 0.5) is 0 Å². The Morgan fingerprint density at radius 1 is 1.29 bits per heavy atom. The molecule has 2 N–H and O–H groups in total. The second-order valence-electron chi connectivity index (χ2n) is 4.98. The van der Waals surface area contributed by atoms with E-state index in [0.29, 0.717) is 6.54 Å². The van der Waals surface area contributed by atoms with Gasteiger partial charge in [-0.3, -0.25) is 9.59 Å². The van der Waals surface area contributed by atoms with Crippen LogP contribution in [0.2, 0.25) is 0 Å². The van der Waals surface area contributed by atoms with E-state index in [1.54, 1.807) is 0 Å². The molecule has 1 saturated carbocycles. The first-order valence-electron chi connectivity index (χ1n) is 6.34. The van der Waals surface area contributed by atoms with E-state index in [4.69, 9.17) is 0 Å². The lowest BCUT2D eigenvalue weighted by atomic mass is 9.82. The molecule has 0 aliphatic heterocycles. The molecule has 2 bridgehead atoms. The fraction of sp³-hybridized carbons (Fsp3) is 0.692. The van der Waals surface area contributed by atoms with Gasteiger partial charge in [0.05, 0.1) is 11.8 Å². The number of hydrogen-bond donors (Lipinski definition) is 2. The zero-order chi connectivity index (χ0) is 12.4. The van der Waals surface area contributed by atoms with Crippen LogP contribution in [0.25, 0.3) is 0 Å². The highest BCUT2D eigenvalue weighted by atomic mass is 16.4. The number of carboxylic acid groups (broad SMARTS) is 1. The van der Waals surface area contributed by atoms with E-state index < -0.39 is 11.9 Å². The zero-order valence-electron chi connectivity index (χ0n) is 10.1. The minimum Gasteiger partial charge on any atom is -0.481 e. The summed E-state index contributed by atoms with van der Waals surface area (Å²) in [6, 6.07) is 0. The van der Waals surface area contributed by atoms with E-state index in [-0.39, 0.29) is 23.7 Å². The number of carbonyl (C=O) groups excluding carboxylic acids is 1. The second kappa shape index (κ2) is 4.90. The number of carbonyl (C=O) groups is 2. The lowest BCUT2D eigenvalue weighted by Crippen LogP contribution is -2.40. The third-order valence-corrected chi connectivity index (χ3v) is 3.88. The van der Waals surface area contributed by atoms with Crippen LogP contribution in [0.1, 0.15) is 26.2 Å². The van der Waals surface area contributed by atoms with Crippen molar-refractivity contribution in [1.82, 2.24) is 5.32 Å². The Bertz CT molecular complexity index is 351. The van der Waals surface area contributed by atoms with Crippen molar-refractivity contribution in [2.24, 2.45) is 23.7 Å². The Morgan fingerprint density at radius 3 is 2.53 bits per heavy atom. The molecule has 2 aliphatic rings. The van der Waals surface area contributed by atoms with E-state index in [2.05, 4.69) is 12.2 Å². The smallest absolute Gasteiger partial charge is 0.307 e. The average molecular weight is 237 g/mol. The van der Waals surface area contributed by atoms with Crippen molar-refractivity contribution in [3.05, 3.63) is 12.2 Å². The summed E-state index contributed by atoms with van der Waals surface area (Å²) in [7, 11) is 0. The molecule has 4 atom stereocenters. The van der Waals surface area contributed by atoms with Gasteiger partial charge in [-0.15, -0.1) is 0 Å². The van der Waals surface area contributed by atoms with Gasteiger partial charge in [0.25, 0.3) is 0 Å². The molecule has 2 rings (SSSR count). The number of unbranched alkanes of at least 4 members (excludes halogenated alkanes) is 1. The highest BCUT2D eigenvalue weighted by molar-refractivity contribution is 5.86. The van der Waals surface area contributed by atoms with Crippen LogP contribution in [-0.4, -0.2) is 23.5 Å². The number of aliphatic carboxylic acids is 1. The van der Waals surface area contributed by atoms with Gasteiger partial charge in [0.2, 0.25) is 5.91 Å². The molecule has 0 aromatic rings. The molecule has 17 heavy (non-hydrogen) atoms. The first kappa shape index (κ1) is 12.1. The maximum absolute atomic E-state index is 12.0. The summed E-state index contributed by atoms with van der Waals surface area (Å²) in [5, 5.41) is 12.1. The molecule has 0 saturated heterocycles. The van der Waals surface area contributed by atoms with E-state index >= 15 is 0 Å². The van der Waals surface area contributed by atoms with Crippen LogP contribution in [0.5, 0.6) is 0 Å². The average Bonchev–Trinajstić information content (AvgIpc) is 2.88. The molecule has 2 aliphatic carbocycles. The van der Waals surface area contributed by atoms with Gasteiger partial charge < -0.3 is 10.4 Å². The fourth-order valence-electron chi connectivity index (χ4n) is 3.02. The van der Waals surface area contributed by atoms with Crippen LogP contribution < -0.4 is 5.32 Å². The molecule has 0 spiro atoms. The molecular weight excluding hydrogens is 218 g/mol. The zero-order valence-corrected chi connectivity index (χ0v) is 10.1. The van der Waals surface area contributed by atoms with Crippen LogP contribution in [0.3, 0.4) is 0 Å². The number of hydrogen-bond acceptors (Lipinski definition) is 2. The number of amides is 1. The maximum Gasteiger partial charge on any atom is 0.307 e. The van der Waals surface area contributed by atoms with E-state index in [9.17, 15) is 14.7 Å². The third-order valence-electron chi connectivity index (χ3n) is 3.88. The summed E-state index contributed by atoms with van der Waals surface area (Å²) in [5.41, 5.74) is 0. The number of fused-ring (bicyclic) bond motifs is 2. The quantitative estimate of drug-likeness (QED) is 0.561. The fourth-order valence-corrected chi connectivity index (χ4v) is 3.02. The predicted molar refractivity (Wildman–Crippen MR) is 63.3 cm³/mol.